The van der Waals surface area contributed by atoms with Crippen LogP contribution in [0.1, 0.15) is 41.0 Å². The monoisotopic (exact) mass is 347 g/mol. The molecule has 1 aromatic rings. The van der Waals surface area contributed by atoms with Gasteiger partial charge in [0.2, 0.25) is 11.9 Å². The molecule has 8 nitrogen and oxygen atoms in total. The number of fused-ring (bicyclic) bond motifs is 1. The third-order valence-electron chi connectivity index (χ3n) is 4.75. The fraction of sp³-hybridized carbons (Fsp3) is 0.647. The quantitative estimate of drug-likeness (QED) is 0.843. The van der Waals surface area contributed by atoms with Crippen LogP contribution in [-0.4, -0.2) is 72.0 Å². The van der Waals surface area contributed by atoms with Gasteiger partial charge in [0.1, 0.15) is 5.69 Å². The Labute approximate surface area is 147 Å². The molecule has 8 heteroatoms. The highest BCUT2D eigenvalue weighted by molar-refractivity contribution is 5.94. The van der Waals surface area contributed by atoms with Crippen molar-refractivity contribution in [3.63, 3.8) is 0 Å². The van der Waals surface area contributed by atoms with Crippen molar-refractivity contribution in [2.45, 2.75) is 32.2 Å². The van der Waals surface area contributed by atoms with Crippen molar-refractivity contribution in [2.24, 2.45) is 0 Å². The number of ether oxygens (including phenoxy) is 1. The topological polar surface area (TPSA) is 87.7 Å². The first-order valence-electron chi connectivity index (χ1n) is 8.77. The Hall–Kier alpha value is -2.22. The zero-order valence-electron chi connectivity index (χ0n) is 14.9. The summed E-state index contributed by atoms with van der Waals surface area (Å²) in [5, 5.41) is 2.93. The van der Waals surface area contributed by atoms with E-state index in [9.17, 15) is 9.59 Å². The maximum absolute atomic E-state index is 12.9. The molecule has 25 heavy (non-hydrogen) atoms. The Kier molecular flexibility index (Phi) is 5.47. The van der Waals surface area contributed by atoms with Crippen LogP contribution < -0.4 is 5.32 Å². The van der Waals surface area contributed by atoms with Crippen LogP contribution in [0.3, 0.4) is 0 Å². The summed E-state index contributed by atoms with van der Waals surface area (Å²) < 4.78 is 4.99. The third kappa shape index (κ3) is 3.73. The Bertz CT molecular complexity index is 658. The molecule has 2 aliphatic rings. The molecule has 0 atom stereocenters. The number of rotatable bonds is 5. The number of likely N-dealkylation sites (tertiary alicyclic amines) is 1. The molecule has 2 amide bonds. The number of hydrogen-bond acceptors (Lipinski definition) is 6. The Balaban J connectivity index is 1.88. The van der Waals surface area contributed by atoms with E-state index in [0.29, 0.717) is 44.2 Å². The molecule has 0 saturated carbocycles. The van der Waals surface area contributed by atoms with Crippen LogP contribution in [0.2, 0.25) is 0 Å². The van der Waals surface area contributed by atoms with Crippen molar-refractivity contribution >= 4 is 17.8 Å². The first-order chi connectivity index (χ1) is 12.1. The molecule has 136 valence electrons. The smallest absolute Gasteiger partial charge is 0.273 e. The molecular formula is C17H25N5O3. The lowest BCUT2D eigenvalue weighted by Gasteiger charge is -2.30. The average molecular weight is 347 g/mol. The van der Waals surface area contributed by atoms with E-state index in [0.717, 1.165) is 37.2 Å². The summed E-state index contributed by atoms with van der Waals surface area (Å²) in [6.07, 6.45) is 3.03. The maximum atomic E-state index is 12.9. The summed E-state index contributed by atoms with van der Waals surface area (Å²) in [4.78, 5) is 37.8. The molecule has 0 spiro atoms. The van der Waals surface area contributed by atoms with Crippen molar-refractivity contribution in [2.75, 3.05) is 45.7 Å². The molecule has 1 saturated heterocycles. The molecular weight excluding hydrogens is 322 g/mol. The second-order valence-electron chi connectivity index (χ2n) is 6.38. The fourth-order valence-corrected chi connectivity index (χ4v) is 3.33. The predicted octanol–water partition coefficient (Wildman–Crippen LogP) is 0.676. The first kappa shape index (κ1) is 17.6. The minimum Gasteiger partial charge on any atom is -0.384 e. The van der Waals surface area contributed by atoms with Crippen molar-refractivity contribution in [3.05, 3.63) is 17.0 Å². The fourth-order valence-electron chi connectivity index (χ4n) is 3.33. The van der Waals surface area contributed by atoms with E-state index in [1.807, 2.05) is 4.90 Å². The average Bonchev–Trinajstić information content (AvgIpc) is 3.18. The minimum absolute atomic E-state index is 0.0322. The Morgan fingerprint density at radius 1 is 1.16 bits per heavy atom. The van der Waals surface area contributed by atoms with Crippen LogP contribution >= 0.6 is 0 Å². The van der Waals surface area contributed by atoms with Crippen LogP contribution in [0, 0.1) is 0 Å². The highest BCUT2D eigenvalue weighted by atomic mass is 16.5. The minimum atomic E-state index is -0.0566. The molecule has 3 heterocycles. The predicted molar refractivity (Wildman–Crippen MR) is 92.3 cm³/mol. The van der Waals surface area contributed by atoms with Gasteiger partial charge in [-0.2, -0.15) is 0 Å². The molecule has 1 N–H and O–H groups in total. The van der Waals surface area contributed by atoms with Crippen LogP contribution in [0.25, 0.3) is 0 Å². The summed E-state index contributed by atoms with van der Waals surface area (Å²) in [5.74, 6) is 0.434. The van der Waals surface area contributed by atoms with E-state index >= 15 is 0 Å². The molecule has 0 aliphatic carbocycles. The van der Waals surface area contributed by atoms with E-state index in [2.05, 4.69) is 15.3 Å². The lowest BCUT2D eigenvalue weighted by molar-refractivity contribution is -0.133. The zero-order chi connectivity index (χ0) is 17.8. The van der Waals surface area contributed by atoms with Crippen LogP contribution in [0.4, 0.5) is 5.95 Å². The molecule has 0 aromatic carbocycles. The Morgan fingerprint density at radius 3 is 2.60 bits per heavy atom. The van der Waals surface area contributed by atoms with Gasteiger partial charge in [0.05, 0.1) is 18.7 Å². The summed E-state index contributed by atoms with van der Waals surface area (Å²) >= 11 is 0. The molecule has 3 rings (SSSR count). The number of nitrogens with zero attached hydrogens (tertiary/aromatic N) is 4. The van der Waals surface area contributed by atoms with Gasteiger partial charge in [-0.1, -0.05) is 0 Å². The highest BCUT2D eigenvalue weighted by Crippen LogP contribution is 2.24. The maximum Gasteiger partial charge on any atom is 0.273 e. The summed E-state index contributed by atoms with van der Waals surface area (Å²) in [6.45, 7) is 2.92. The molecule has 1 aromatic heterocycles. The van der Waals surface area contributed by atoms with E-state index < -0.39 is 0 Å². The number of methoxy groups -OCH3 is 1. The van der Waals surface area contributed by atoms with Gasteiger partial charge in [-0.25, -0.2) is 9.97 Å². The van der Waals surface area contributed by atoms with Gasteiger partial charge in [-0.15, -0.1) is 0 Å². The Morgan fingerprint density at radius 2 is 1.92 bits per heavy atom. The number of anilines is 1. The zero-order valence-corrected chi connectivity index (χ0v) is 14.9. The number of nitrogens with one attached hydrogen (secondary N) is 1. The van der Waals surface area contributed by atoms with Crippen molar-refractivity contribution in [1.29, 1.82) is 0 Å². The van der Waals surface area contributed by atoms with Gasteiger partial charge in [0, 0.05) is 52.3 Å². The lowest BCUT2D eigenvalue weighted by Crippen LogP contribution is -2.39. The SMILES string of the molecule is CNc1nc2c(c(C(=O)N3CCCC3)n1)CN(C(=O)CCOC)CC2. The molecule has 0 bridgehead atoms. The van der Waals surface area contributed by atoms with Gasteiger partial charge >= 0.3 is 0 Å². The second-order valence-corrected chi connectivity index (χ2v) is 6.38. The van der Waals surface area contributed by atoms with E-state index in [1.165, 1.54) is 0 Å². The van der Waals surface area contributed by atoms with Crippen LogP contribution in [0.5, 0.6) is 0 Å². The first-order valence-corrected chi connectivity index (χ1v) is 8.77. The van der Waals surface area contributed by atoms with E-state index in [4.69, 9.17) is 4.74 Å². The van der Waals surface area contributed by atoms with Crippen molar-refractivity contribution in [1.82, 2.24) is 19.8 Å². The summed E-state index contributed by atoms with van der Waals surface area (Å²) in [5.41, 5.74) is 2.08. The lowest BCUT2D eigenvalue weighted by atomic mass is 10.0. The molecule has 0 unspecified atom stereocenters. The third-order valence-corrected chi connectivity index (χ3v) is 4.75. The number of hydrogen-bond donors (Lipinski definition) is 1. The van der Waals surface area contributed by atoms with Gasteiger partial charge < -0.3 is 19.9 Å². The van der Waals surface area contributed by atoms with Crippen LogP contribution in [0.15, 0.2) is 0 Å². The number of aromatic nitrogens is 2. The molecule has 0 radical (unpaired) electrons. The largest absolute Gasteiger partial charge is 0.384 e. The van der Waals surface area contributed by atoms with Gasteiger partial charge in [0.15, 0.2) is 0 Å². The summed E-state index contributed by atoms with van der Waals surface area (Å²) in [7, 11) is 3.33. The van der Waals surface area contributed by atoms with Crippen molar-refractivity contribution < 1.29 is 14.3 Å². The van der Waals surface area contributed by atoms with Crippen LogP contribution in [-0.2, 0) is 22.5 Å². The standard InChI is InChI=1S/C17H25N5O3/c1-18-17-19-13-5-9-22(14(23)6-10-25-2)11-12(13)15(20-17)16(24)21-7-3-4-8-21/h3-11H2,1-2H3,(H,18,19,20). The number of carbonyl (C=O) groups is 2. The summed E-state index contributed by atoms with van der Waals surface area (Å²) in [6, 6.07) is 0. The highest BCUT2D eigenvalue weighted by Gasteiger charge is 2.30. The van der Waals surface area contributed by atoms with E-state index in [-0.39, 0.29) is 11.8 Å². The second kappa shape index (κ2) is 7.77. The number of amides is 2. The van der Waals surface area contributed by atoms with Crippen molar-refractivity contribution in [3.8, 4) is 0 Å². The van der Waals surface area contributed by atoms with Gasteiger partial charge in [0.25, 0.3) is 5.91 Å². The molecule has 2 aliphatic heterocycles. The normalized spacial score (nSPS) is 16.7. The van der Waals surface area contributed by atoms with Gasteiger partial charge in [-0.05, 0) is 12.8 Å². The number of carbonyl (C=O) groups excluding carboxylic acids is 2. The molecule has 1 fully saturated rings. The van der Waals surface area contributed by atoms with Gasteiger partial charge in [-0.3, -0.25) is 9.59 Å². The van der Waals surface area contributed by atoms with E-state index in [1.54, 1.807) is 19.1 Å².